The molecule has 6 heteroatoms. The molecule has 0 radical (unpaired) electrons. The van der Waals surface area contributed by atoms with Crippen LogP contribution >= 0.6 is 0 Å². The molecule has 72 valence electrons. The zero-order valence-corrected chi connectivity index (χ0v) is 6.24. The Labute approximate surface area is 68.6 Å². The van der Waals surface area contributed by atoms with E-state index < -0.39 is 30.7 Å². The van der Waals surface area contributed by atoms with Gasteiger partial charge in [0, 0.05) is 0 Å². The van der Waals surface area contributed by atoms with Crippen molar-refractivity contribution in [1.82, 2.24) is 0 Å². The normalized spacial score (nSPS) is 50.2. The van der Waals surface area contributed by atoms with Crippen molar-refractivity contribution in [2.45, 2.75) is 30.7 Å². The molecular weight excluding hydrogens is 168 g/mol. The average molecular weight is 180 g/mol. The van der Waals surface area contributed by atoms with Gasteiger partial charge in [0.05, 0.1) is 6.61 Å². The van der Waals surface area contributed by atoms with Gasteiger partial charge in [-0.3, -0.25) is 0 Å². The Kier molecular flexibility index (Phi) is 2.99. The van der Waals surface area contributed by atoms with Crippen LogP contribution in [-0.2, 0) is 4.74 Å². The minimum Gasteiger partial charge on any atom is -0.388 e. The summed E-state index contributed by atoms with van der Waals surface area (Å²) < 4.78 is 4.50. The smallest absolute Gasteiger partial charge is 0.183 e. The summed E-state index contributed by atoms with van der Waals surface area (Å²) in [6, 6.07) is 0. The summed E-state index contributed by atoms with van der Waals surface area (Å²) in [5.41, 5.74) is 0. The first-order valence-corrected chi connectivity index (χ1v) is 3.56. The lowest BCUT2D eigenvalue weighted by Gasteiger charge is -2.22. The predicted octanol–water partition coefficient (Wildman–Crippen LogP) is -3.22. The molecule has 12 heavy (non-hydrogen) atoms. The number of hydrogen-bond donors (Lipinski definition) is 5. The molecule has 0 unspecified atom stereocenters. The van der Waals surface area contributed by atoms with Gasteiger partial charge in [-0.25, -0.2) is 0 Å². The van der Waals surface area contributed by atoms with E-state index in [0.29, 0.717) is 0 Å². The van der Waals surface area contributed by atoms with Crippen molar-refractivity contribution in [2.24, 2.45) is 0 Å². The fourth-order valence-electron chi connectivity index (χ4n) is 0.993. The SMILES string of the molecule is O[C@H]1[C@@H](O)[C@H](O)OC[C@H](O)[C@H]1O. The van der Waals surface area contributed by atoms with Gasteiger partial charge in [0.1, 0.15) is 24.4 Å². The number of hydrogen-bond acceptors (Lipinski definition) is 6. The first kappa shape index (κ1) is 9.85. The van der Waals surface area contributed by atoms with Gasteiger partial charge in [0.2, 0.25) is 0 Å². The molecule has 0 aromatic carbocycles. The second-order valence-electron chi connectivity index (χ2n) is 2.76. The molecule has 0 aliphatic carbocycles. The topological polar surface area (TPSA) is 110 Å². The maximum atomic E-state index is 9.07. The predicted molar refractivity (Wildman–Crippen MR) is 36.0 cm³/mol. The maximum Gasteiger partial charge on any atom is 0.183 e. The molecule has 1 heterocycles. The third kappa shape index (κ3) is 1.74. The van der Waals surface area contributed by atoms with Crippen molar-refractivity contribution in [2.75, 3.05) is 6.61 Å². The third-order valence-corrected chi connectivity index (χ3v) is 1.82. The van der Waals surface area contributed by atoms with Crippen LogP contribution < -0.4 is 0 Å². The Balaban J connectivity index is 2.68. The van der Waals surface area contributed by atoms with E-state index in [4.69, 9.17) is 25.5 Å². The Morgan fingerprint density at radius 3 is 2.00 bits per heavy atom. The van der Waals surface area contributed by atoms with E-state index in [2.05, 4.69) is 4.74 Å². The number of aliphatic hydroxyl groups is 5. The Bertz CT molecular complexity index is 135. The van der Waals surface area contributed by atoms with Gasteiger partial charge in [0.25, 0.3) is 0 Å². The summed E-state index contributed by atoms with van der Waals surface area (Å²) in [4.78, 5) is 0. The lowest BCUT2D eigenvalue weighted by Crippen LogP contribution is -2.46. The van der Waals surface area contributed by atoms with E-state index in [0.717, 1.165) is 0 Å². The highest BCUT2D eigenvalue weighted by atomic mass is 16.6. The van der Waals surface area contributed by atoms with Gasteiger partial charge in [-0.05, 0) is 0 Å². The Morgan fingerprint density at radius 2 is 1.42 bits per heavy atom. The highest BCUT2D eigenvalue weighted by Crippen LogP contribution is 2.14. The van der Waals surface area contributed by atoms with Crippen molar-refractivity contribution in [3.63, 3.8) is 0 Å². The third-order valence-electron chi connectivity index (χ3n) is 1.82. The lowest BCUT2D eigenvalue weighted by molar-refractivity contribution is -0.181. The molecule has 0 spiro atoms. The largest absolute Gasteiger partial charge is 0.388 e. The number of rotatable bonds is 0. The molecule has 6 nitrogen and oxygen atoms in total. The van der Waals surface area contributed by atoms with Crippen molar-refractivity contribution in [1.29, 1.82) is 0 Å². The Morgan fingerprint density at radius 1 is 0.833 bits per heavy atom. The molecule has 0 aromatic rings. The minimum absolute atomic E-state index is 0.323. The van der Waals surface area contributed by atoms with Gasteiger partial charge in [-0.15, -0.1) is 0 Å². The van der Waals surface area contributed by atoms with Crippen LogP contribution in [0.1, 0.15) is 0 Å². The second-order valence-corrected chi connectivity index (χ2v) is 2.76. The fraction of sp³-hybridized carbons (Fsp3) is 1.00. The van der Waals surface area contributed by atoms with Gasteiger partial charge in [0.15, 0.2) is 6.29 Å². The zero-order valence-electron chi connectivity index (χ0n) is 6.24. The van der Waals surface area contributed by atoms with E-state index in [1.54, 1.807) is 0 Å². The van der Waals surface area contributed by atoms with Crippen molar-refractivity contribution in [3.8, 4) is 0 Å². The van der Waals surface area contributed by atoms with E-state index in [1.807, 2.05) is 0 Å². The van der Waals surface area contributed by atoms with Crippen LogP contribution in [-0.4, -0.2) is 62.8 Å². The summed E-state index contributed by atoms with van der Waals surface area (Å²) in [7, 11) is 0. The minimum atomic E-state index is -1.60. The number of ether oxygens (including phenoxy) is 1. The second kappa shape index (κ2) is 3.65. The Hall–Kier alpha value is -0.240. The lowest BCUT2D eigenvalue weighted by atomic mass is 10.0. The van der Waals surface area contributed by atoms with Crippen molar-refractivity contribution in [3.05, 3.63) is 0 Å². The summed E-state index contributed by atoms with van der Waals surface area (Å²) in [6.45, 7) is -0.323. The average Bonchev–Trinajstić information content (AvgIpc) is 2.14. The van der Waals surface area contributed by atoms with Gasteiger partial charge in [-0.2, -0.15) is 0 Å². The summed E-state index contributed by atoms with van der Waals surface area (Å²) in [5, 5.41) is 45.1. The molecule has 1 saturated heterocycles. The quantitative estimate of drug-likeness (QED) is 0.268. The van der Waals surface area contributed by atoms with Crippen LogP contribution in [0.15, 0.2) is 0 Å². The van der Waals surface area contributed by atoms with E-state index in [1.165, 1.54) is 0 Å². The van der Waals surface area contributed by atoms with Crippen LogP contribution in [0.2, 0.25) is 0 Å². The molecule has 0 aromatic heterocycles. The summed E-state index contributed by atoms with van der Waals surface area (Å²) >= 11 is 0. The molecule has 0 bridgehead atoms. The molecular formula is C6H12O6. The van der Waals surface area contributed by atoms with E-state index in [-0.39, 0.29) is 6.61 Å². The highest BCUT2D eigenvalue weighted by molar-refractivity contribution is 4.85. The van der Waals surface area contributed by atoms with Crippen LogP contribution in [0, 0.1) is 0 Å². The summed E-state index contributed by atoms with van der Waals surface area (Å²) in [5.74, 6) is 0. The highest BCUT2D eigenvalue weighted by Gasteiger charge is 2.38. The molecule has 5 N–H and O–H groups in total. The molecule has 0 amide bonds. The molecule has 1 aliphatic rings. The molecule has 1 fully saturated rings. The molecule has 1 rings (SSSR count). The monoisotopic (exact) mass is 180 g/mol. The fourth-order valence-corrected chi connectivity index (χ4v) is 0.993. The van der Waals surface area contributed by atoms with Crippen LogP contribution in [0.4, 0.5) is 0 Å². The standard InChI is InChI=1S/C6H12O6/c7-2-1-12-6(11)5(10)4(9)3(2)8/h2-11H,1H2/t2-,3+,4+,5+,6+/m0/s1. The van der Waals surface area contributed by atoms with Crippen molar-refractivity contribution >= 4 is 0 Å². The van der Waals surface area contributed by atoms with Crippen LogP contribution in [0.25, 0.3) is 0 Å². The number of aliphatic hydroxyl groups excluding tert-OH is 5. The van der Waals surface area contributed by atoms with Crippen molar-refractivity contribution < 1.29 is 30.3 Å². The zero-order chi connectivity index (χ0) is 9.30. The van der Waals surface area contributed by atoms with Crippen LogP contribution in [0.3, 0.4) is 0 Å². The summed E-state index contributed by atoms with van der Waals surface area (Å²) in [6.07, 6.45) is -7.58. The van der Waals surface area contributed by atoms with Crippen LogP contribution in [0.5, 0.6) is 0 Å². The molecule has 0 saturated carbocycles. The van der Waals surface area contributed by atoms with Gasteiger partial charge in [-0.1, -0.05) is 0 Å². The van der Waals surface area contributed by atoms with Gasteiger partial charge < -0.3 is 30.3 Å². The first-order chi connectivity index (χ1) is 5.54. The first-order valence-electron chi connectivity index (χ1n) is 3.56. The van der Waals surface area contributed by atoms with Gasteiger partial charge >= 0.3 is 0 Å². The van der Waals surface area contributed by atoms with E-state index >= 15 is 0 Å². The molecule has 5 atom stereocenters. The molecule has 1 aliphatic heterocycles. The van der Waals surface area contributed by atoms with E-state index in [9.17, 15) is 0 Å². The maximum absolute atomic E-state index is 9.07.